The van der Waals surface area contributed by atoms with E-state index in [4.69, 9.17) is 0 Å². The molecule has 7 nitrogen and oxygen atoms in total. The smallest absolute Gasteiger partial charge is 0.274 e. The van der Waals surface area contributed by atoms with Gasteiger partial charge in [-0.2, -0.15) is 0 Å². The Bertz CT molecular complexity index is 973. The van der Waals surface area contributed by atoms with Gasteiger partial charge in [-0.1, -0.05) is 30.3 Å². The third-order valence-electron chi connectivity index (χ3n) is 4.60. The molecule has 26 heavy (non-hydrogen) atoms. The molecule has 7 heteroatoms. The van der Waals surface area contributed by atoms with Crippen LogP contribution >= 0.6 is 0 Å². The van der Waals surface area contributed by atoms with Crippen LogP contribution in [0.4, 0.5) is 11.5 Å². The number of nitrogens with one attached hydrogen (secondary N) is 1. The third-order valence-corrected chi connectivity index (χ3v) is 4.60. The number of phenols is 1. The highest BCUT2D eigenvalue weighted by atomic mass is 16.3. The summed E-state index contributed by atoms with van der Waals surface area (Å²) in [7, 11) is 0. The topological polar surface area (TPSA) is 93.9 Å². The van der Waals surface area contributed by atoms with Crippen molar-refractivity contribution in [1.82, 2.24) is 14.9 Å². The van der Waals surface area contributed by atoms with Gasteiger partial charge in [0.2, 0.25) is 5.82 Å². The normalized spacial score (nSPS) is 15.0. The van der Waals surface area contributed by atoms with Gasteiger partial charge in [0.1, 0.15) is 11.4 Å². The molecule has 2 aromatic carbocycles. The molecule has 1 aliphatic rings. The van der Waals surface area contributed by atoms with Crippen LogP contribution in [0.25, 0.3) is 10.8 Å². The number of imidazole rings is 1. The van der Waals surface area contributed by atoms with Crippen LogP contribution in [0.15, 0.2) is 53.0 Å². The summed E-state index contributed by atoms with van der Waals surface area (Å²) in [6.07, 6.45) is 4.62. The van der Waals surface area contributed by atoms with E-state index in [-0.39, 0.29) is 17.5 Å². The SMILES string of the molecule is O=C(c1[nH]cnc1N=Nc1c(O)ccc2ccccc12)N1CCCCC1. The highest BCUT2D eigenvalue weighted by molar-refractivity contribution is 5.97. The molecule has 0 spiro atoms. The Morgan fingerprint density at radius 3 is 2.73 bits per heavy atom. The van der Waals surface area contributed by atoms with Gasteiger partial charge in [-0.3, -0.25) is 4.79 Å². The molecule has 1 amide bonds. The van der Waals surface area contributed by atoms with Crippen molar-refractivity contribution in [1.29, 1.82) is 0 Å². The summed E-state index contributed by atoms with van der Waals surface area (Å²) in [5, 5.41) is 20.2. The van der Waals surface area contributed by atoms with Crippen molar-refractivity contribution in [3.63, 3.8) is 0 Å². The minimum atomic E-state index is -0.113. The molecule has 1 aromatic heterocycles. The highest BCUT2D eigenvalue weighted by Crippen LogP contribution is 2.36. The monoisotopic (exact) mass is 349 g/mol. The Balaban J connectivity index is 1.66. The molecule has 0 saturated carbocycles. The van der Waals surface area contributed by atoms with Crippen LogP contribution in [0.5, 0.6) is 5.75 Å². The van der Waals surface area contributed by atoms with E-state index in [0.29, 0.717) is 11.4 Å². The van der Waals surface area contributed by atoms with E-state index in [0.717, 1.165) is 43.1 Å². The minimum Gasteiger partial charge on any atom is -0.506 e. The summed E-state index contributed by atoms with van der Waals surface area (Å²) >= 11 is 0. The molecule has 0 bridgehead atoms. The molecule has 4 rings (SSSR count). The zero-order valence-corrected chi connectivity index (χ0v) is 14.2. The first kappa shape index (κ1) is 16.3. The van der Waals surface area contributed by atoms with Gasteiger partial charge in [0.25, 0.3) is 5.91 Å². The standard InChI is InChI=1S/C19H19N5O2/c25-15-9-8-13-6-2-3-7-14(13)16(15)22-23-18-17(20-12-21-18)19(26)24-10-4-1-5-11-24/h2-3,6-9,12,25H,1,4-5,10-11H2,(H,20,21). The van der Waals surface area contributed by atoms with Gasteiger partial charge in [-0.25, -0.2) is 4.98 Å². The predicted molar refractivity (Wildman–Crippen MR) is 98.1 cm³/mol. The van der Waals surface area contributed by atoms with Gasteiger partial charge in [-0.15, -0.1) is 10.2 Å². The summed E-state index contributed by atoms with van der Waals surface area (Å²) in [6.45, 7) is 1.50. The molecule has 1 saturated heterocycles. The zero-order valence-electron chi connectivity index (χ0n) is 14.2. The predicted octanol–water partition coefficient (Wildman–Crippen LogP) is 4.31. The molecule has 2 N–H and O–H groups in total. The second kappa shape index (κ2) is 6.95. The zero-order chi connectivity index (χ0) is 17.9. The molecular weight excluding hydrogens is 330 g/mol. The fraction of sp³-hybridized carbons (Fsp3) is 0.263. The number of fused-ring (bicyclic) bond motifs is 1. The summed E-state index contributed by atoms with van der Waals surface area (Å²) in [4.78, 5) is 21.5. The lowest BCUT2D eigenvalue weighted by Gasteiger charge is -2.26. The molecule has 0 atom stereocenters. The van der Waals surface area contributed by atoms with E-state index in [2.05, 4.69) is 20.2 Å². The maximum Gasteiger partial charge on any atom is 0.274 e. The molecule has 2 heterocycles. The number of hydrogen-bond donors (Lipinski definition) is 2. The van der Waals surface area contributed by atoms with Crippen LogP contribution in [0.2, 0.25) is 0 Å². The summed E-state index contributed by atoms with van der Waals surface area (Å²) in [5.41, 5.74) is 0.692. The number of likely N-dealkylation sites (tertiary alicyclic amines) is 1. The van der Waals surface area contributed by atoms with Gasteiger partial charge in [0.15, 0.2) is 5.69 Å². The fourth-order valence-electron chi connectivity index (χ4n) is 3.22. The van der Waals surface area contributed by atoms with Crippen LogP contribution in [0.1, 0.15) is 29.8 Å². The number of aromatic nitrogens is 2. The maximum atomic E-state index is 12.7. The van der Waals surface area contributed by atoms with Crippen molar-refractivity contribution in [2.45, 2.75) is 19.3 Å². The van der Waals surface area contributed by atoms with Crippen LogP contribution in [0, 0.1) is 0 Å². The van der Waals surface area contributed by atoms with E-state index >= 15 is 0 Å². The van der Waals surface area contributed by atoms with Gasteiger partial charge in [0.05, 0.1) is 6.33 Å². The van der Waals surface area contributed by atoms with Crippen LogP contribution < -0.4 is 0 Å². The van der Waals surface area contributed by atoms with Gasteiger partial charge in [0, 0.05) is 18.5 Å². The molecule has 0 aliphatic carbocycles. The number of carbonyl (C=O) groups excluding carboxylic acids is 1. The number of benzene rings is 2. The van der Waals surface area contributed by atoms with Crippen molar-refractivity contribution in [3.8, 4) is 5.75 Å². The number of phenolic OH excluding ortho intramolecular Hbond substituents is 1. The Kier molecular flexibility index (Phi) is 4.35. The first-order chi connectivity index (χ1) is 12.7. The Hall–Kier alpha value is -3.22. The van der Waals surface area contributed by atoms with Crippen LogP contribution in [-0.4, -0.2) is 39.0 Å². The molecule has 0 unspecified atom stereocenters. The first-order valence-corrected chi connectivity index (χ1v) is 8.69. The average Bonchev–Trinajstić information content (AvgIpc) is 3.16. The number of aromatic amines is 1. The molecule has 1 aliphatic heterocycles. The van der Waals surface area contributed by atoms with E-state index in [1.165, 1.54) is 6.33 Å². The van der Waals surface area contributed by atoms with E-state index in [1.54, 1.807) is 6.07 Å². The summed E-state index contributed by atoms with van der Waals surface area (Å²) in [6, 6.07) is 11.0. The quantitative estimate of drug-likeness (QED) is 0.690. The molecule has 1 fully saturated rings. The van der Waals surface area contributed by atoms with Gasteiger partial charge in [-0.05, 0) is 30.7 Å². The number of nitrogens with zero attached hydrogens (tertiary/aromatic N) is 4. The van der Waals surface area contributed by atoms with Crippen molar-refractivity contribution in [2.75, 3.05) is 13.1 Å². The van der Waals surface area contributed by atoms with Gasteiger partial charge >= 0.3 is 0 Å². The molecule has 3 aromatic rings. The van der Waals surface area contributed by atoms with E-state index in [1.807, 2.05) is 35.2 Å². The number of H-pyrrole nitrogens is 1. The number of carbonyl (C=O) groups is 1. The Labute approximate surface area is 150 Å². The minimum absolute atomic E-state index is 0.0342. The second-order valence-corrected chi connectivity index (χ2v) is 6.31. The Morgan fingerprint density at radius 2 is 1.88 bits per heavy atom. The van der Waals surface area contributed by atoms with Crippen molar-refractivity contribution in [2.24, 2.45) is 10.2 Å². The van der Waals surface area contributed by atoms with E-state index in [9.17, 15) is 9.90 Å². The molecular formula is C19H19N5O2. The maximum absolute atomic E-state index is 12.7. The number of aromatic hydroxyl groups is 1. The molecule has 132 valence electrons. The number of azo groups is 1. The lowest BCUT2D eigenvalue weighted by molar-refractivity contribution is 0.0720. The third kappa shape index (κ3) is 3.03. The molecule has 0 radical (unpaired) electrons. The largest absolute Gasteiger partial charge is 0.506 e. The second-order valence-electron chi connectivity index (χ2n) is 6.31. The van der Waals surface area contributed by atoms with Crippen molar-refractivity contribution >= 4 is 28.2 Å². The fourth-order valence-corrected chi connectivity index (χ4v) is 3.22. The number of piperidine rings is 1. The average molecular weight is 349 g/mol. The van der Waals surface area contributed by atoms with E-state index < -0.39 is 0 Å². The highest BCUT2D eigenvalue weighted by Gasteiger charge is 2.22. The number of amides is 1. The summed E-state index contributed by atoms with van der Waals surface area (Å²) in [5.74, 6) is 0.151. The van der Waals surface area contributed by atoms with Crippen molar-refractivity contribution in [3.05, 3.63) is 48.4 Å². The number of rotatable bonds is 3. The summed E-state index contributed by atoms with van der Waals surface area (Å²) < 4.78 is 0. The number of hydrogen-bond acceptors (Lipinski definition) is 5. The first-order valence-electron chi connectivity index (χ1n) is 8.69. The van der Waals surface area contributed by atoms with Crippen LogP contribution in [0.3, 0.4) is 0 Å². The van der Waals surface area contributed by atoms with Crippen molar-refractivity contribution < 1.29 is 9.90 Å². The van der Waals surface area contributed by atoms with Gasteiger partial charge < -0.3 is 15.0 Å². The Morgan fingerprint density at radius 1 is 1.08 bits per heavy atom. The lowest BCUT2D eigenvalue weighted by atomic mass is 10.1. The van der Waals surface area contributed by atoms with Crippen LogP contribution in [-0.2, 0) is 0 Å². The lowest BCUT2D eigenvalue weighted by Crippen LogP contribution is -2.35.